The summed E-state index contributed by atoms with van der Waals surface area (Å²) in [6.07, 6.45) is 0. The Morgan fingerprint density at radius 2 is 1.76 bits per heavy atom. The molecule has 0 bridgehead atoms. The highest BCUT2D eigenvalue weighted by atomic mass is 35.5. The zero-order valence-corrected chi connectivity index (χ0v) is 17.0. The Bertz CT molecular complexity index is 1160. The number of amides is 1. The highest BCUT2D eigenvalue weighted by molar-refractivity contribution is 7.94. The summed E-state index contributed by atoms with van der Waals surface area (Å²) >= 11 is 6.52. The quantitative estimate of drug-likeness (QED) is 0.571. The first kappa shape index (κ1) is 19.4. The molecule has 12 heteroatoms. The van der Waals surface area contributed by atoms with Crippen molar-refractivity contribution in [1.82, 2.24) is 10.2 Å². The van der Waals surface area contributed by atoms with Crippen molar-refractivity contribution in [3.05, 3.63) is 53.1 Å². The number of carbonyl (C=O) groups excluding carboxylic acids is 1. The molecule has 9 nitrogen and oxygen atoms in total. The number of ether oxygens (including phenoxy) is 2. The fourth-order valence-corrected chi connectivity index (χ4v) is 4.52. The molecule has 0 radical (unpaired) electrons. The maximum atomic E-state index is 12.6. The van der Waals surface area contributed by atoms with Gasteiger partial charge in [0.15, 0.2) is 11.5 Å². The lowest BCUT2D eigenvalue weighted by molar-refractivity contribution is 0.102. The van der Waals surface area contributed by atoms with Gasteiger partial charge in [0.1, 0.15) is 13.2 Å². The topological polar surface area (TPSA) is 120 Å². The molecule has 0 spiro atoms. The number of nitrogens with zero attached hydrogens (tertiary/aromatic N) is 2. The van der Waals surface area contributed by atoms with Crippen LogP contribution in [0, 0.1) is 0 Å². The highest BCUT2D eigenvalue weighted by Crippen LogP contribution is 2.33. The van der Waals surface area contributed by atoms with Crippen LogP contribution in [0.4, 0.5) is 10.8 Å². The van der Waals surface area contributed by atoms with Crippen LogP contribution in [0.15, 0.2) is 46.8 Å². The van der Waals surface area contributed by atoms with E-state index in [0.29, 0.717) is 35.3 Å². The smallest absolute Gasteiger partial charge is 0.291 e. The van der Waals surface area contributed by atoms with E-state index in [1.54, 1.807) is 36.4 Å². The van der Waals surface area contributed by atoms with E-state index in [4.69, 9.17) is 21.1 Å². The number of sulfonamides is 1. The lowest BCUT2D eigenvalue weighted by Gasteiger charge is -2.18. The molecule has 1 aliphatic rings. The highest BCUT2D eigenvalue weighted by Gasteiger charge is 2.22. The van der Waals surface area contributed by atoms with Gasteiger partial charge in [0.2, 0.25) is 5.13 Å². The molecule has 4 rings (SSSR count). The molecule has 0 aliphatic carbocycles. The predicted octanol–water partition coefficient (Wildman–Crippen LogP) is 3.02. The lowest BCUT2D eigenvalue weighted by atomic mass is 10.2. The second-order valence-corrected chi connectivity index (χ2v) is 9.07. The normalized spacial score (nSPS) is 13.0. The van der Waals surface area contributed by atoms with Crippen LogP contribution in [0.3, 0.4) is 0 Å². The van der Waals surface area contributed by atoms with Crippen LogP contribution in [0.2, 0.25) is 5.02 Å². The zero-order chi connectivity index (χ0) is 20.4. The van der Waals surface area contributed by atoms with Gasteiger partial charge < -0.3 is 9.47 Å². The Morgan fingerprint density at radius 3 is 2.52 bits per heavy atom. The van der Waals surface area contributed by atoms with Gasteiger partial charge in [-0.05, 0) is 36.4 Å². The Kier molecular flexibility index (Phi) is 5.26. The van der Waals surface area contributed by atoms with Crippen molar-refractivity contribution in [1.29, 1.82) is 0 Å². The number of nitrogens with one attached hydrogen (secondary N) is 2. The van der Waals surface area contributed by atoms with E-state index < -0.39 is 15.9 Å². The molecule has 0 atom stereocenters. The van der Waals surface area contributed by atoms with Gasteiger partial charge in [-0.3, -0.25) is 14.8 Å². The average molecular weight is 453 g/mol. The molecule has 0 saturated carbocycles. The van der Waals surface area contributed by atoms with Gasteiger partial charge in [0, 0.05) is 16.7 Å². The van der Waals surface area contributed by atoms with Crippen molar-refractivity contribution in [3.63, 3.8) is 0 Å². The Hall–Kier alpha value is -2.89. The second-order valence-electron chi connectivity index (χ2n) is 5.80. The van der Waals surface area contributed by atoms with Crippen LogP contribution in [0.5, 0.6) is 11.5 Å². The predicted molar refractivity (Wildman–Crippen MR) is 108 cm³/mol. The van der Waals surface area contributed by atoms with Crippen molar-refractivity contribution in [2.24, 2.45) is 0 Å². The van der Waals surface area contributed by atoms with E-state index in [2.05, 4.69) is 20.2 Å². The third-order valence-electron chi connectivity index (χ3n) is 3.76. The van der Waals surface area contributed by atoms with Crippen molar-refractivity contribution in [2.45, 2.75) is 4.34 Å². The summed E-state index contributed by atoms with van der Waals surface area (Å²) in [5.74, 6) is 0.536. The maximum Gasteiger partial charge on any atom is 0.291 e. The third kappa shape index (κ3) is 4.42. The minimum atomic E-state index is -4.00. The van der Waals surface area contributed by atoms with Gasteiger partial charge in [0.25, 0.3) is 20.3 Å². The minimum absolute atomic E-state index is 0.0486. The molecule has 29 heavy (non-hydrogen) atoms. The first-order chi connectivity index (χ1) is 13.9. The molecule has 1 aromatic heterocycles. The van der Waals surface area contributed by atoms with Crippen LogP contribution in [0.25, 0.3) is 0 Å². The van der Waals surface area contributed by atoms with Gasteiger partial charge >= 0.3 is 0 Å². The maximum absolute atomic E-state index is 12.6. The van der Waals surface area contributed by atoms with Gasteiger partial charge in [-0.25, -0.2) is 0 Å². The molecule has 0 fully saturated rings. The van der Waals surface area contributed by atoms with Crippen LogP contribution in [-0.2, 0) is 10.0 Å². The van der Waals surface area contributed by atoms with Gasteiger partial charge in [-0.15, -0.1) is 10.2 Å². The minimum Gasteiger partial charge on any atom is -0.486 e. The molecule has 1 amide bonds. The van der Waals surface area contributed by atoms with Crippen LogP contribution >= 0.6 is 22.9 Å². The molecule has 0 unspecified atom stereocenters. The molecule has 2 aromatic carbocycles. The SMILES string of the molecule is O=C(Nc1nnc(S(=O)(=O)Nc2ccc3c(c2)OCCO3)s1)c1ccc(Cl)cc1. The van der Waals surface area contributed by atoms with Crippen molar-refractivity contribution in [2.75, 3.05) is 23.3 Å². The molecule has 150 valence electrons. The molecule has 3 aromatic rings. The van der Waals surface area contributed by atoms with E-state index in [-0.39, 0.29) is 15.2 Å². The van der Waals surface area contributed by atoms with Crippen molar-refractivity contribution in [3.8, 4) is 11.5 Å². The van der Waals surface area contributed by atoms with E-state index in [0.717, 1.165) is 11.3 Å². The average Bonchev–Trinajstić information content (AvgIpc) is 3.17. The number of fused-ring (bicyclic) bond motifs is 1. The number of aromatic nitrogens is 2. The number of halogens is 1. The third-order valence-corrected chi connectivity index (χ3v) is 6.60. The Labute approximate surface area is 174 Å². The second kappa shape index (κ2) is 7.85. The van der Waals surface area contributed by atoms with Gasteiger partial charge in [0.05, 0.1) is 5.69 Å². The zero-order valence-electron chi connectivity index (χ0n) is 14.6. The van der Waals surface area contributed by atoms with Gasteiger partial charge in [-0.1, -0.05) is 22.9 Å². The summed E-state index contributed by atoms with van der Waals surface area (Å²) in [5, 5.41) is 10.4. The summed E-state index contributed by atoms with van der Waals surface area (Å²) in [6.45, 7) is 0.823. The Balaban J connectivity index is 1.47. The summed E-state index contributed by atoms with van der Waals surface area (Å²) < 4.78 is 38.1. The molecule has 1 aliphatic heterocycles. The fraction of sp³-hybridized carbons (Fsp3) is 0.118. The number of rotatable bonds is 5. The summed E-state index contributed by atoms with van der Waals surface area (Å²) in [7, 11) is -4.00. The molecular formula is C17H13ClN4O5S2. The summed E-state index contributed by atoms with van der Waals surface area (Å²) in [6, 6.07) is 10.9. The summed E-state index contributed by atoms with van der Waals surface area (Å²) in [5.41, 5.74) is 0.639. The number of hydrogen-bond donors (Lipinski definition) is 2. The molecule has 2 N–H and O–H groups in total. The van der Waals surface area contributed by atoms with Crippen LogP contribution in [0.1, 0.15) is 10.4 Å². The fourth-order valence-electron chi connectivity index (χ4n) is 2.45. The van der Waals surface area contributed by atoms with Crippen molar-refractivity contribution < 1.29 is 22.7 Å². The standard InChI is InChI=1S/C17H13ClN4O5S2/c18-11-3-1-10(2-4-11)15(23)19-16-20-21-17(28-16)29(24,25)22-12-5-6-13-14(9-12)27-8-7-26-13/h1-6,9,22H,7-8H2,(H,19,20,23). The van der Waals surface area contributed by atoms with Crippen LogP contribution in [-0.4, -0.2) is 37.7 Å². The van der Waals surface area contributed by atoms with E-state index in [9.17, 15) is 13.2 Å². The van der Waals surface area contributed by atoms with Crippen molar-refractivity contribution >= 4 is 49.7 Å². The number of anilines is 2. The Morgan fingerprint density at radius 1 is 1.03 bits per heavy atom. The number of benzene rings is 2. The summed E-state index contributed by atoms with van der Waals surface area (Å²) in [4.78, 5) is 12.2. The van der Waals surface area contributed by atoms with E-state index in [1.165, 1.54) is 6.07 Å². The first-order valence-electron chi connectivity index (χ1n) is 8.24. The van der Waals surface area contributed by atoms with Gasteiger partial charge in [-0.2, -0.15) is 8.42 Å². The first-order valence-corrected chi connectivity index (χ1v) is 10.9. The number of hydrogen-bond acceptors (Lipinski definition) is 8. The molecular weight excluding hydrogens is 440 g/mol. The van der Waals surface area contributed by atoms with E-state index >= 15 is 0 Å². The van der Waals surface area contributed by atoms with Crippen LogP contribution < -0.4 is 19.5 Å². The molecule has 0 saturated heterocycles. The van der Waals surface area contributed by atoms with E-state index in [1.807, 2.05) is 0 Å². The number of carbonyl (C=O) groups is 1. The largest absolute Gasteiger partial charge is 0.486 e. The monoisotopic (exact) mass is 452 g/mol. The molecule has 2 heterocycles. The lowest BCUT2D eigenvalue weighted by Crippen LogP contribution is -2.16.